The summed E-state index contributed by atoms with van der Waals surface area (Å²) in [5.74, 6) is -0.331. The molecule has 2 aromatic carbocycles. The highest BCUT2D eigenvalue weighted by Crippen LogP contribution is 2.43. The van der Waals surface area contributed by atoms with Gasteiger partial charge in [-0.2, -0.15) is 9.97 Å². The van der Waals surface area contributed by atoms with Crippen molar-refractivity contribution in [2.75, 3.05) is 18.9 Å². The molecule has 4 atom stereocenters. The fraction of sp³-hybridized carbons (Fsp3) is 0.432. The molecular weight excluding hydrogens is 704 g/mol. The average molecular weight is 749 g/mol. The van der Waals surface area contributed by atoms with Gasteiger partial charge in [0.2, 0.25) is 10.9 Å². The van der Waals surface area contributed by atoms with Crippen LogP contribution in [0.25, 0.3) is 22.3 Å². The van der Waals surface area contributed by atoms with Crippen molar-refractivity contribution < 1.29 is 23.4 Å². The van der Waals surface area contributed by atoms with E-state index in [9.17, 15) is 4.79 Å². The SMILES string of the molecule is CCOC(=O)C(Cc1ccc(-c2ccccc2C)cc1)(OC[C@@H]1C[C@@H](O[Si](C)(C)C(C)(C)C)[C@H](n2cnc3c(N)nc(Cl)nc32)O1)c1cscn1. The predicted molar refractivity (Wildman–Crippen MR) is 202 cm³/mol. The van der Waals surface area contributed by atoms with Gasteiger partial charge in [-0.1, -0.05) is 69.3 Å². The van der Waals surface area contributed by atoms with Crippen molar-refractivity contribution >= 4 is 54.2 Å². The molecule has 0 saturated carbocycles. The molecule has 14 heteroatoms. The van der Waals surface area contributed by atoms with Gasteiger partial charge in [0.1, 0.15) is 5.52 Å². The maximum atomic E-state index is 14.0. The number of nitrogens with two attached hydrogens (primary N) is 1. The van der Waals surface area contributed by atoms with E-state index in [4.69, 9.17) is 36.0 Å². The second kappa shape index (κ2) is 14.7. The monoisotopic (exact) mass is 748 g/mol. The lowest BCUT2D eigenvalue weighted by Gasteiger charge is -2.39. The molecule has 270 valence electrons. The van der Waals surface area contributed by atoms with Crippen molar-refractivity contribution in [3.63, 3.8) is 0 Å². The Labute approximate surface area is 308 Å². The first kappa shape index (κ1) is 37.0. The molecule has 0 bridgehead atoms. The number of hydrogen-bond donors (Lipinski definition) is 1. The molecule has 4 heterocycles. The van der Waals surface area contributed by atoms with E-state index in [2.05, 4.69) is 85.0 Å². The lowest BCUT2D eigenvalue weighted by Crippen LogP contribution is -2.45. The number of esters is 1. The smallest absolute Gasteiger partial charge is 0.345 e. The number of aromatic nitrogens is 5. The first-order valence-corrected chi connectivity index (χ1v) is 21.3. The maximum absolute atomic E-state index is 14.0. The number of carbonyl (C=O) groups is 1. The summed E-state index contributed by atoms with van der Waals surface area (Å²) in [5.41, 5.74) is 12.0. The van der Waals surface area contributed by atoms with Crippen molar-refractivity contribution in [1.29, 1.82) is 0 Å². The van der Waals surface area contributed by atoms with E-state index in [1.165, 1.54) is 16.9 Å². The summed E-state index contributed by atoms with van der Waals surface area (Å²) >= 11 is 7.62. The molecule has 1 aliphatic heterocycles. The Hall–Kier alpha value is -3.72. The lowest BCUT2D eigenvalue weighted by atomic mass is 9.90. The maximum Gasteiger partial charge on any atom is 0.345 e. The number of anilines is 1. The van der Waals surface area contributed by atoms with Gasteiger partial charge in [-0.25, -0.2) is 14.8 Å². The fourth-order valence-electron chi connectivity index (χ4n) is 6.16. The number of hydrogen-bond acceptors (Lipinski definition) is 11. The van der Waals surface area contributed by atoms with Gasteiger partial charge in [-0.15, -0.1) is 11.3 Å². The number of benzene rings is 2. The third kappa shape index (κ3) is 7.60. The fourth-order valence-corrected chi connectivity index (χ4v) is 8.27. The zero-order valence-electron chi connectivity index (χ0n) is 30.1. The van der Waals surface area contributed by atoms with Crippen molar-refractivity contribution in [3.8, 4) is 11.1 Å². The zero-order valence-corrected chi connectivity index (χ0v) is 32.6. The van der Waals surface area contributed by atoms with Crippen molar-refractivity contribution in [1.82, 2.24) is 24.5 Å². The summed E-state index contributed by atoms with van der Waals surface area (Å²) in [5, 5.41) is 1.79. The van der Waals surface area contributed by atoms with Crippen LogP contribution in [0, 0.1) is 6.92 Å². The van der Waals surface area contributed by atoms with Crippen LogP contribution in [-0.4, -0.2) is 64.2 Å². The van der Waals surface area contributed by atoms with E-state index in [0.717, 1.165) is 16.7 Å². The van der Waals surface area contributed by atoms with E-state index in [0.29, 0.717) is 23.3 Å². The minimum atomic E-state index is -2.28. The summed E-state index contributed by atoms with van der Waals surface area (Å²) in [6.45, 7) is 15.1. The Morgan fingerprint density at radius 3 is 2.53 bits per heavy atom. The molecule has 3 aromatic heterocycles. The molecule has 1 unspecified atom stereocenters. The van der Waals surface area contributed by atoms with Crippen LogP contribution in [0.15, 0.2) is 65.7 Å². The number of nitrogen functional groups attached to an aromatic ring is 1. The summed E-state index contributed by atoms with van der Waals surface area (Å²) in [6, 6.07) is 16.5. The second-order valence-electron chi connectivity index (χ2n) is 14.4. The third-order valence-electron chi connectivity index (χ3n) is 9.92. The standard InChI is InChI=1S/C37H45ClN6O5SSi/c1-8-46-34(45)37(29-20-50-22-41-29,18-24-13-15-25(16-14-24)27-12-10-9-11-23(27)2)47-19-26-17-28(49-51(6,7)36(3,4)5)33(48-26)44-21-40-30-31(39)42-35(38)43-32(30)44/h9-16,20-22,26,28,33H,8,17-19H2,1-7H3,(H2,39,42,43)/t26-,28+,33+,37?/m0/s1. The van der Waals surface area contributed by atoms with Gasteiger partial charge in [0.15, 0.2) is 26.0 Å². The van der Waals surface area contributed by atoms with Crippen LogP contribution < -0.4 is 5.73 Å². The highest BCUT2D eigenvalue weighted by Gasteiger charge is 2.49. The number of imidazole rings is 1. The van der Waals surface area contributed by atoms with Gasteiger partial charge in [0.25, 0.3) is 0 Å². The van der Waals surface area contributed by atoms with Gasteiger partial charge in [0, 0.05) is 18.2 Å². The third-order valence-corrected chi connectivity index (χ3v) is 15.2. The highest BCUT2D eigenvalue weighted by molar-refractivity contribution is 7.07. The number of halogens is 1. The Kier molecular flexibility index (Phi) is 10.7. The molecule has 51 heavy (non-hydrogen) atoms. The first-order chi connectivity index (χ1) is 24.2. The Balaban J connectivity index is 1.32. The van der Waals surface area contributed by atoms with E-state index in [1.54, 1.807) is 23.3 Å². The molecular formula is C37H45ClN6O5SSi. The van der Waals surface area contributed by atoms with Crippen LogP contribution in [0.4, 0.5) is 5.82 Å². The van der Waals surface area contributed by atoms with E-state index in [-0.39, 0.29) is 41.9 Å². The van der Waals surface area contributed by atoms with Crippen molar-refractivity contribution in [3.05, 3.63) is 87.9 Å². The van der Waals surface area contributed by atoms with Crippen LogP contribution >= 0.6 is 22.9 Å². The van der Waals surface area contributed by atoms with Crippen LogP contribution in [0.5, 0.6) is 0 Å². The molecule has 2 N–H and O–H groups in total. The molecule has 0 aliphatic carbocycles. The van der Waals surface area contributed by atoms with Crippen LogP contribution in [0.1, 0.15) is 57.2 Å². The van der Waals surface area contributed by atoms with Crippen LogP contribution in [0.3, 0.4) is 0 Å². The summed E-state index contributed by atoms with van der Waals surface area (Å²) < 4.78 is 28.0. The molecule has 6 rings (SSSR count). The van der Waals surface area contributed by atoms with Crippen LogP contribution in [-0.2, 0) is 35.5 Å². The molecule has 1 fully saturated rings. The van der Waals surface area contributed by atoms with Gasteiger partial charge < -0.3 is 24.4 Å². The lowest BCUT2D eigenvalue weighted by molar-refractivity contribution is -0.181. The van der Waals surface area contributed by atoms with Gasteiger partial charge in [-0.05, 0) is 65.8 Å². The number of fused-ring (bicyclic) bond motifs is 1. The zero-order chi connectivity index (χ0) is 36.6. The summed E-state index contributed by atoms with van der Waals surface area (Å²) in [7, 11) is -2.28. The molecule has 11 nitrogen and oxygen atoms in total. The Morgan fingerprint density at radius 2 is 1.86 bits per heavy atom. The normalized spacial score (nSPS) is 19.3. The second-order valence-corrected chi connectivity index (χ2v) is 20.2. The van der Waals surface area contributed by atoms with Gasteiger partial charge in [-0.3, -0.25) is 4.57 Å². The molecule has 1 saturated heterocycles. The molecule has 0 spiro atoms. The summed E-state index contributed by atoms with van der Waals surface area (Å²) in [4.78, 5) is 31.6. The van der Waals surface area contributed by atoms with Crippen LogP contribution in [0.2, 0.25) is 23.4 Å². The van der Waals surface area contributed by atoms with Gasteiger partial charge in [0.05, 0.1) is 43.0 Å². The minimum absolute atomic E-state index is 0.0101. The highest BCUT2D eigenvalue weighted by atomic mass is 35.5. The summed E-state index contributed by atoms with van der Waals surface area (Å²) in [6.07, 6.45) is 0.871. The Bertz CT molecular complexity index is 1980. The molecule has 5 aromatic rings. The Morgan fingerprint density at radius 1 is 1.12 bits per heavy atom. The van der Waals surface area contributed by atoms with E-state index >= 15 is 0 Å². The largest absolute Gasteiger partial charge is 0.464 e. The van der Waals surface area contributed by atoms with Gasteiger partial charge >= 0.3 is 5.97 Å². The quantitative estimate of drug-likeness (QED) is 0.0762. The minimum Gasteiger partial charge on any atom is -0.464 e. The first-order valence-electron chi connectivity index (χ1n) is 17.1. The molecule has 0 radical (unpaired) electrons. The topological polar surface area (TPSA) is 136 Å². The number of thiazole rings is 1. The molecule has 0 amide bonds. The molecule has 1 aliphatic rings. The number of rotatable bonds is 12. The number of nitrogens with zero attached hydrogens (tertiary/aromatic N) is 5. The van der Waals surface area contributed by atoms with Crippen molar-refractivity contribution in [2.45, 2.75) is 89.6 Å². The number of aryl methyl sites for hydroxylation is 1. The average Bonchev–Trinajstić information content (AvgIpc) is 3.84. The van der Waals surface area contributed by atoms with E-state index < -0.39 is 32.2 Å². The van der Waals surface area contributed by atoms with E-state index in [1.807, 2.05) is 29.6 Å². The number of ether oxygens (including phenoxy) is 3. The number of carbonyl (C=O) groups excluding carboxylic acids is 1. The van der Waals surface area contributed by atoms with Crippen molar-refractivity contribution in [2.24, 2.45) is 0 Å². The predicted octanol–water partition coefficient (Wildman–Crippen LogP) is 7.89.